The Hall–Kier alpha value is -1.04. The minimum absolute atomic E-state index is 0.00898. The molecule has 1 fully saturated rings. The minimum Gasteiger partial charge on any atom is -0.387 e. The molecule has 3 nitrogen and oxygen atoms in total. The first-order chi connectivity index (χ1) is 9.45. The van der Waals surface area contributed by atoms with E-state index in [-0.39, 0.29) is 17.7 Å². The number of β-amino-alcohol motifs (C(OH)–C–C–N with tert-alkyl or cyclic N) is 1. The van der Waals surface area contributed by atoms with Crippen molar-refractivity contribution in [1.82, 2.24) is 4.90 Å². The Kier molecular flexibility index (Phi) is 4.73. The van der Waals surface area contributed by atoms with Crippen molar-refractivity contribution < 1.29 is 18.6 Å². The molecule has 1 aromatic rings. The average molecular weight is 285 g/mol. The van der Waals surface area contributed by atoms with Crippen molar-refractivity contribution in [1.29, 1.82) is 0 Å². The molecule has 2 rings (SSSR count). The normalized spacial score (nSPS) is 25.6. The molecule has 2 unspecified atom stereocenters. The van der Waals surface area contributed by atoms with Crippen molar-refractivity contribution in [3.05, 3.63) is 35.4 Å². The topological polar surface area (TPSA) is 32.7 Å². The fraction of sp³-hybridized carbons (Fsp3) is 0.600. The maximum absolute atomic E-state index is 13.6. The summed E-state index contributed by atoms with van der Waals surface area (Å²) < 4.78 is 32.3. The van der Waals surface area contributed by atoms with Crippen LogP contribution in [-0.4, -0.2) is 42.4 Å². The number of likely N-dealkylation sites (tertiary alicyclic amines) is 1. The second-order valence-electron chi connectivity index (χ2n) is 5.65. The monoisotopic (exact) mass is 285 g/mol. The summed E-state index contributed by atoms with van der Waals surface area (Å²) in [4.78, 5) is 2.03. The Morgan fingerprint density at radius 2 is 2.20 bits per heavy atom. The van der Waals surface area contributed by atoms with Crippen LogP contribution in [0.15, 0.2) is 18.2 Å². The number of piperidine rings is 1. The number of hydrogen-bond acceptors (Lipinski definition) is 3. The lowest BCUT2D eigenvalue weighted by Gasteiger charge is -2.40. The van der Waals surface area contributed by atoms with E-state index in [0.717, 1.165) is 25.5 Å². The summed E-state index contributed by atoms with van der Waals surface area (Å²) in [6, 6.07) is 3.88. The molecule has 1 aliphatic rings. The van der Waals surface area contributed by atoms with Gasteiger partial charge in [0.25, 0.3) is 0 Å². The molecule has 0 aromatic heterocycles. The highest BCUT2D eigenvalue weighted by atomic mass is 19.2. The quantitative estimate of drug-likeness (QED) is 0.922. The molecule has 0 radical (unpaired) electrons. The lowest BCUT2D eigenvalue weighted by molar-refractivity contribution is -0.0588. The van der Waals surface area contributed by atoms with Crippen molar-refractivity contribution in [2.75, 3.05) is 26.7 Å². The van der Waals surface area contributed by atoms with Gasteiger partial charge in [0.2, 0.25) is 0 Å². The molecular weight excluding hydrogens is 264 g/mol. The number of benzene rings is 1. The first-order valence-electron chi connectivity index (χ1n) is 6.85. The largest absolute Gasteiger partial charge is 0.387 e. The third-order valence-electron chi connectivity index (χ3n) is 4.00. The Labute approximate surface area is 118 Å². The van der Waals surface area contributed by atoms with Crippen LogP contribution in [0.4, 0.5) is 8.78 Å². The van der Waals surface area contributed by atoms with Crippen LogP contribution in [0.25, 0.3) is 0 Å². The van der Waals surface area contributed by atoms with Crippen LogP contribution in [0.1, 0.15) is 31.4 Å². The van der Waals surface area contributed by atoms with Crippen LogP contribution in [-0.2, 0) is 4.74 Å². The van der Waals surface area contributed by atoms with Crippen LogP contribution < -0.4 is 0 Å². The van der Waals surface area contributed by atoms with Crippen LogP contribution in [0, 0.1) is 11.6 Å². The van der Waals surface area contributed by atoms with Gasteiger partial charge < -0.3 is 9.84 Å². The molecule has 112 valence electrons. The SMILES string of the molecule is COC1(C)CCCN(CC(O)c2cccc(F)c2F)C1. The zero-order valence-corrected chi connectivity index (χ0v) is 11.9. The predicted molar refractivity (Wildman–Crippen MR) is 72.4 cm³/mol. The summed E-state index contributed by atoms with van der Waals surface area (Å²) in [5, 5.41) is 10.1. The van der Waals surface area contributed by atoms with E-state index in [2.05, 4.69) is 0 Å². The summed E-state index contributed by atoms with van der Waals surface area (Å²) >= 11 is 0. The molecule has 5 heteroatoms. The van der Waals surface area contributed by atoms with Crippen molar-refractivity contribution >= 4 is 0 Å². The van der Waals surface area contributed by atoms with Crippen molar-refractivity contribution in [3.63, 3.8) is 0 Å². The summed E-state index contributed by atoms with van der Waals surface area (Å²) in [7, 11) is 1.67. The second kappa shape index (κ2) is 6.16. The van der Waals surface area contributed by atoms with Gasteiger partial charge in [-0.2, -0.15) is 0 Å². The molecule has 0 amide bonds. The zero-order valence-electron chi connectivity index (χ0n) is 11.9. The van der Waals surface area contributed by atoms with Crippen molar-refractivity contribution in [3.8, 4) is 0 Å². The fourth-order valence-electron chi connectivity index (χ4n) is 2.75. The van der Waals surface area contributed by atoms with E-state index in [4.69, 9.17) is 4.74 Å². The van der Waals surface area contributed by atoms with E-state index in [0.29, 0.717) is 6.54 Å². The van der Waals surface area contributed by atoms with E-state index in [1.165, 1.54) is 12.1 Å². The Morgan fingerprint density at radius 3 is 2.90 bits per heavy atom. The van der Waals surface area contributed by atoms with Crippen molar-refractivity contribution in [2.45, 2.75) is 31.5 Å². The lowest BCUT2D eigenvalue weighted by Crippen LogP contribution is -2.48. The highest BCUT2D eigenvalue weighted by Crippen LogP contribution is 2.26. The molecule has 0 saturated carbocycles. The molecule has 0 bridgehead atoms. The molecule has 1 saturated heterocycles. The molecule has 0 spiro atoms. The Morgan fingerprint density at radius 1 is 1.45 bits per heavy atom. The number of ether oxygens (including phenoxy) is 1. The van der Waals surface area contributed by atoms with Gasteiger partial charge >= 0.3 is 0 Å². The number of rotatable bonds is 4. The predicted octanol–water partition coefficient (Wildman–Crippen LogP) is 2.50. The van der Waals surface area contributed by atoms with E-state index < -0.39 is 17.7 Å². The summed E-state index contributed by atoms with van der Waals surface area (Å²) in [6.45, 7) is 3.80. The van der Waals surface area contributed by atoms with Gasteiger partial charge in [0.15, 0.2) is 11.6 Å². The highest BCUT2D eigenvalue weighted by Gasteiger charge is 2.32. The Bertz CT molecular complexity index is 469. The zero-order chi connectivity index (χ0) is 14.8. The number of hydrogen-bond donors (Lipinski definition) is 1. The molecule has 20 heavy (non-hydrogen) atoms. The lowest BCUT2D eigenvalue weighted by atomic mass is 9.94. The first kappa shape index (κ1) is 15.4. The Balaban J connectivity index is 2.04. The maximum atomic E-state index is 13.6. The van der Waals surface area contributed by atoms with Gasteiger partial charge in [-0.05, 0) is 32.4 Å². The molecule has 1 N–H and O–H groups in total. The number of halogens is 2. The average Bonchev–Trinajstić information content (AvgIpc) is 2.42. The standard InChI is InChI=1S/C15H21F2NO2/c1-15(20-2)7-4-8-18(10-15)9-13(19)11-5-3-6-12(16)14(11)17/h3,5-6,13,19H,4,7-10H2,1-2H3. The van der Waals surface area contributed by atoms with E-state index >= 15 is 0 Å². The van der Waals surface area contributed by atoms with Crippen LogP contribution in [0.5, 0.6) is 0 Å². The van der Waals surface area contributed by atoms with Crippen LogP contribution in [0.2, 0.25) is 0 Å². The first-order valence-corrected chi connectivity index (χ1v) is 6.85. The van der Waals surface area contributed by atoms with Gasteiger partial charge in [0.05, 0.1) is 11.7 Å². The van der Waals surface area contributed by atoms with E-state index in [1.807, 2.05) is 11.8 Å². The van der Waals surface area contributed by atoms with Gasteiger partial charge in [0, 0.05) is 25.8 Å². The number of aliphatic hydroxyl groups excluding tert-OH is 1. The third kappa shape index (κ3) is 3.34. The third-order valence-corrected chi connectivity index (χ3v) is 4.00. The van der Waals surface area contributed by atoms with Gasteiger partial charge in [-0.1, -0.05) is 12.1 Å². The molecular formula is C15H21F2NO2. The van der Waals surface area contributed by atoms with Crippen molar-refractivity contribution in [2.24, 2.45) is 0 Å². The fourth-order valence-corrected chi connectivity index (χ4v) is 2.75. The van der Waals surface area contributed by atoms with Gasteiger partial charge in [-0.25, -0.2) is 8.78 Å². The molecule has 1 heterocycles. The van der Waals surface area contributed by atoms with Gasteiger partial charge in [-0.3, -0.25) is 4.90 Å². The molecule has 0 aliphatic carbocycles. The maximum Gasteiger partial charge on any atom is 0.164 e. The number of aliphatic hydroxyl groups is 1. The van der Waals surface area contributed by atoms with Gasteiger partial charge in [0.1, 0.15) is 0 Å². The summed E-state index contributed by atoms with van der Waals surface area (Å²) in [5.41, 5.74) is -0.229. The number of nitrogens with zero attached hydrogens (tertiary/aromatic N) is 1. The number of methoxy groups -OCH3 is 1. The van der Waals surface area contributed by atoms with Crippen LogP contribution in [0.3, 0.4) is 0 Å². The molecule has 1 aliphatic heterocycles. The smallest absolute Gasteiger partial charge is 0.164 e. The van der Waals surface area contributed by atoms with E-state index in [1.54, 1.807) is 7.11 Å². The van der Waals surface area contributed by atoms with Gasteiger partial charge in [-0.15, -0.1) is 0 Å². The summed E-state index contributed by atoms with van der Waals surface area (Å²) in [5.74, 6) is -1.89. The second-order valence-corrected chi connectivity index (χ2v) is 5.65. The van der Waals surface area contributed by atoms with E-state index in [9.17, 15) is 13.9 Å². The molecule has 2 atom stereocenters. The van der Waals surface area contributed by atoms with Crippen LogP contribution >= 0.6 is 0 Å². The minimum atomic E-state index is -1.04. The molecule has 1 aromatic carbocycles. The summed E-state index contributed by atoms with van der Waals surface area (Å²) in [6.07, 6.45) is 0.887. The highest BCUT2D eigenvalue weighted by molar-refractivity contribution is 5.21.